The first-order valence-electron chi connectivity index (χ1n) is 10.1. The van der Waals surface area contributed by atoms with Crippen LogP contribution in [0, 0.1) is 5.41 Å². The fourth-order valence-corrected chi connectivity index (χ4v) is 4.69. The summed E-state index contributed by atoms with van der Waals surface area (Å²) in [6.07, 6.45) is 6.10. The number of carbonyl (C=O) groups excluding carboxylic acids is 1. The maximum absolute atomic E-state index is 12.9. The Labute approximate surface area is 168 Å². The molecule has 1 aliphatic heterocycles. The van der Waals surface area contributed by atoms with Crippen LogP contribution in [-0.4, -0.2) is 48.8 Å². The van der Waals surface area contributed by atoms with E-state index in [0.717, 1.165) is 30.8 Å². The van der Waals surface area contributed by atoms with Gasteiger partial charge < -0.3 is 14.0 Å². The lowest BCUT2D eigenvalue weighted by Gasteiger charge is -2.42. The molecule has 0 N–H and O–H groups in total. The number of likely N-dealkylation sites (tertiary alicyclic amines) is 1. The minimum Gasteiger partial charge on any atom is -0.341 e. The van der Waals surface area contributed by atoms with Crippen molar-refractivity contribution in [2.75, 3.05) is 13.1 Å². The number of hydrogen-bond acceptors (Lipinski definition) is 6. The number of aryl methyl sites for hydroxylation is 2. The van der Waals surface area contributed by atoms with Crippen molar-refractivity contribution in [2.24, 2.45) is 12.5 Å². The van der Waals surface area contributed by atoms with Crippen molar-refractivity contribution >= 4 is 5.91 Å². The normalized spacial score (nSPS) is 20.2. The molecule has 0 radical (unpaired) electrons. The molecule has 1 unspecified atom stereocenters. The van der Waals surface area contributed by atoms with E-state index in [-0.39, 0.29) is 17.2 Å². The van der Waals surface area contributed by atoms with Crippen molar-refractivity contribution in [3.8, 4) is 11.4 Å². The second-order valence-corrected chi connectivity index (χ2v) is 8.22. The Morgan fingerprint density at radius 1 is 1.28 bits per heavy atom. The molecule has 8 nitrogen and oxygen atoms in total. The number of aromatic nitrogens is 5. The quantitative estimate of drug-likeness (QED) is 0.663. The lowest BCUT2D eigenvalue weighted by atomic mass is 9.62. The van der Waals surface area contributed by atoms with Crippen molar-refractivity contribution in [2.45, 2.75) is 38.0 Å². The highest BCUT2D eigenvalue weighted by molar-refractivity contribution is 5.77. The molecule has 3 heterocycles. The van der Waals surface area contributed by atoms with Crippen LogP contribution in [0.25, 0.3) is 11.4 Å². The molecule has 1 spiro atoms. The average Bonchev–Trinajstić information content (AvgIpc) is 3.44. The zero-order chi connectivity index (χ0) is 19.8. The topological polar surface area (TPSA) is 89.9 Å². The van der Waals surface area contributed by atoms with Crippen LogP contribution in [0.1, 0.15) is 43.3 Å². The molecule has 29 heavy (non-hydrogen) atoms. The zero-order valence-electron chi connectivity index (χ0n) is 16.5. The monoisotopic (exact) mass is 392 g/mol. The number of amides is 1. The van der Waals surface area contributed by atoms with Crippen LogP contribution in [0.4, 0.5) is 0 Å². The van der Waals surface area contributed by atoms with Gasteiger partial charge in [0.25, 0.3) is 0 Å². The van der Waals surface area contributed by atoms with E-state index < -0.39 is 0 Å². The molecule has 2 aromatic heterocycles. The zero-order valence-corrected chi connectivity index (χ0v) is 16.5. The smallest absolute Gasteiger partial charge is 0.227 e. The molecule has 2 fully saturated rings. The van der Waals surface area contributed by atoms with E-state index in [4.69, 9.17) is 4.52 Å². The van der Waals surface area contributed by atoms with E-state index in [0.29, 0.717) is 31.1 Å². The Balaban J connectivity index is 1.24. The van der Waals surface area contributed by atoms with Crippen LogP contribution in [0.15, 0.2) is 41.2 Å². The van der Waals surface area contributed by atoms with Crippen LogP contribution in [0.5, 0.6) is 0 Å². The Morgan fingerprint density at radius 2 is 2.10 bits per heavy atom. The van der Waals surface area contributed by atoms with Crippen molar-refractivity contribution in [1.82, 2.24) is 29.8 Å². The van der Waals surface area contributed by atoms with Gasteiger partial charge in [0.2, 0.25) is 17.6 Å². The second kappa shape index (κ2) is 7.09. The predicted molar refractivity (Wildman–Crippen MR) is 105 cm³/mol. The second-order valence-electron chi connectivity index (χ2n) is 8.22. The van der Waals surface area contributed by atoms with Gasteiger partial charge in [-0.05, 0) is 18.3 Å². The Bertz CT molecular complexity index is 1010. The molecule has 3 aromatic rings. The van der Waals surface area contributed by atoms with Gasteiger partial charge in [0.15, 0.2) is 0 Å². The molecule has 8 heteroatoms. The van der Waals surface area contributed by atoms with E-state index in [9.17, 15) is 4.79 Å². The first kappa shape index (κ1) is 18.0. The van der Waals surface area contributed by atoms with Gasteiger partial charge in [-0.2, -0.15) is 4.98 Å². The SMILES string of the molecule is Cn1cnnc1C1CN(C(=O)CCc2nc(-c3ccccc3)no2)CC12CCC2. The van der Waals surface area contributed by atoms with E-state index in [1.807, 2.05) is 46.8 Å². The maximum atomic E-state index is 12.9. The summed E-state index contributed by atoms with van der Waals surface area (Å²) in [5.74, 6) is 2.45. The summed E-state index contributed by atoms with van der Waals surface area (Å²) in [4.78, 5) is 19.3. The Hall–Kier alpha value is -3.03. The van der Waals surface area contributed by atoms with E-state index >= 15 is 0 Å². The van der Waals surface area contributed by atoms with Crippen LogP contribution >= 0.6 is 0 Å². The van der Waals surface area contributed by atoms with Crippen LogP contribution in [0.2, 0.25) is 0 Å². The summed E-state index contributed by atoms with van der Waals surface area (Å²) in [7, 11) is 1.98. The number of rotatable bonds is 5. The summed E-state index contributed by atoms with van der Waals surface area (Å²) < 4.78 is 7.34. The van der Waals surface area contributed by atoms with E-state index in [1.165, 1.54) is 6.42 Å². The molecule has 5 rings (SSSR count). The van der Waals surface area contributed by atoms with Crippen LogP contribution < -0.4 is 0 Å². The number of hydrogen-bond donors (Lipinski definition) is 0. The first-order chi connectivity index (χ1) is 14.1. The molecule has 0 bridgehead atoms. The molecule has 1 amide bonds. The summed E-state index contributed by atoms with van der Waals surface area (Å²) >= 11 is 0. The van der Waals surface area contributed by atoms with Crippen molar-refractivity contribution in [1.29, 1.82) is 0 Å². The summed E-state index contributed by atoms with van der Waals surface area (Å²) in [5.41, 5.74) is 1.08. The van der Waals surface area contributed by atoms with Crippen molar-refractivity contribution in [3.63, 3.8) is 0 Å². The number of nitrogens with zero attached hydrogens (tertiary/aromatic N) is 6. The fraction of sp³-hybridized carbons (Fsp3) is 0.476. The molecule has 150 valence electrons. The summed E-state index contributed by atoms with van der Waals surface area (Å²) in [6, 6.07) is 9.70. The molecule has 1 aromatic carbocycles. The highest BCUT2D eigenvalue weighted by atomic mass is 16.5. The fourth-order valence-electron chi connectivity index (χ4n) is 4.69. The lowest BCUT2D eigenvalue weighted by molar-refractivity contribution is -0.130. The van der Waals surface area contributed by atoms with Gasteiger partial charge in [0, 0.05) is 44.5 Å². The molecule has 1 saturated heterocycles. The molecule has 1 atom stereocenters. The van der Waals surface area contributed by atoms with Crippen LogP contribution in [-0.2, 0) is 18.3 Å². The molecular formula is C21H24N6O2. The van der Waals surface area contributed by atoms with Gasteiger partial charge in [-0.1, -0.05) is 41.9 Å². The van der Waals surface area contributed by atoms with Gasteiger partial charge >= 0.3 is 0 Å². The third kappa shape index (κ3) is 3.22. The standard InChI is InChI=1S/C21H24N6O2/c1-26-14-22-24-20(26)16-12-27(13-21(16)10-5-11-21)18(28)9-8-17-23-19(25-29-17)15-6-3-2-4-7-15/h2-4,6-7,14,16H,5,8-13H2,1H3. The average molecular weight is 392 g/mol. The van der Waals surface area contributed by atoms with Gasteiger partial charge in [0.05, 0.1) is 0 Å². The highest BCUT2D eigenvalue weighted by Gasteiger charge is 2.53. The summed E-state index contributed by atoms with van der Waals surface area (Å²) in [6.45, 7) is 1.52. The maximum Gasteiger partial charge on any atom is 0.227 e. The lowest BCUT2D eigenvalue weighted by Crippen LogP contribution is -2.38. The molecule has 2 aliphatic rings. The Morgan fingerprint density at radius 3 is 2.79 bits per heavy atom. The van der Waals surface area contributed by atoms with Crippen molar-refractivity contribution < 1.29 is 9.32 Å². The number of carbonyl (C=O) groups is 1. The van der Waals surface area contributed by atoms with E-state index in [2.05, 4.69) is 20.3 Å². The van der Waals surface area contributed by atoms with Gasteiger partial charge in [-0.3, -0.25) is 4.79 Å². The summed E-state index contributed by atoms with van der Waals surface area (Å²) in [5, 5.41) is 12.4. The van der Waals surface area contributed by atoms with Crippen LogP contribution in [0.3, 0.4) is 0 Å². The van der Waals surface area contributed by atoms with Gasteiger partial charge in [-0.15, -0.1) is 10.2 Å². The third-order valence-corrected chi connectivity index (χ3v) is 6.46. The highest BCUT2D eigenvalue weighted by Crippen LogP contribution is 2.55. The van der Waals surface area contributed by atoms with Gasteiger partial charge in [0.1, 0.15) is 12.2 Å². The molecule has 1 aliphatic carbocycles. The van der Waals surface area contributed by atoms with E-state index in [1.54, 1.807) is 6.33 Å². The predicted octanol–water partition coefficient (Wildman–Crippen LogP) is 2.59. The minimum atomic E-state index is 0.139. The minimum absolute atomic E-state index is 0.139. The first-order valence-corrected chi connectivity index (χ1v) is 10.1. The molecular weight excluding hydrogens is 368 g/mol. The molecule has 1 saturated carbocycles. The third-order valence-electron chi connectivity index (χ3n) is 6.46. The van der Waals surface area contributed by atoms with Crippen molar-refractivity contribution in [3.05, 3.63) is 48.4 Å². The van der Waals surface area contributed by atoms with Gasteiger partial charge in [-0.25, -0.2) is 0 Å². The largest absolute Gasteiger partial charge is 0.341 e. The Kier molecular flexibility index (Phi) is 4.41. The number of benzene rings is 1.